The van der Waals surface area contributed by atoms with E-state index in [2.05, 4.69) is 59.3 Å². The van der Waals surface area contributed by atoms with Crippen LogP contribution in [0.1, 0.15) is 11.3 Å². The average molecular weight is 195 g/mol. The van der Waals surface area contributed by atoms with E-state index in [9.17, 15) is 0 Å². The van der Waals surface area contributed by atoms with Crippen molar-refractivity contribution in [1.82, 2.24) is 4.57 Å². The van der Waals surface area contributed by atoms with Gasteiger partial charge in [-0.3, -0.25) is 0 Å². The van der Waals surface area contributed by atoms with Gasteiger partial charge in [-0.05, 0) is 35.8 Å². The largest absolute Gasteiger partial charge is 0.344 e. The number of allylic oxidation sites excluding steroid dienone is 1. The van der Waals surface area contributed by atoms with Crippen molar-refractivity contribution in [3.05, 3.63) is 65.5 Å². The standard InChI is InChI=1S/C14H13N/c1-2-5-12(6-3-1)9-13-10-14-7-4-8-15(14)11-13/h1-8,10H,9,11H2. The van der Waals surface area contributed by atoms with E-state index in [1.165, 1.54) is 16.8 Å². The molecule has 0 unspecified atom stereocenters. The zero-order valence-electron chi connectivity index (χ0n) is 8.56. The summed E-state index contributed by atoms with van der Waals surface area (Å²) in [4.78, 5) is 0. The number of nitrogens with zero attached hydrogens (tertiary/aromatic N) is 1. The van der Waals surface area contributed by atoms with E-state index in [0.717, 1.165) is 13.0 Å². The Kier molecular flexibility index (Phi) is 1.95. The van der Waals surface area contributed by atoms with Crippen LogP contribution >= 0.6 is 0 Å². The normalized spacial score (nSPS) is 13.7. The Labute approximate surface area is 89.7 Å². The summed E-state index contributed by atoms with van der Waals surface area (Å²) >= 11 is 0. The van der Waals surface area contributed by atoms with Crippen LogP contribution < -0.4 is 0 Å². The first-order chi connectivity index (χ1) is 7.42. The molecule has 0 radical (unpaired) electrons. The summed E-state index contributed by atoms with van der Waals surface area (Å²) in [6.07, 6.45) is 5.51. The Balaban J connectivity index is 1.80. The van der Waals surface area contributed by atoms with Crippen molar-refractivity contribution < 1.29 is 0 Å². The minimum atomic E-state index is 1.05. The molecule has 0 atom stereocenters. The molecule has 0 N–H and O–H groups in total. The van der Waals surface area contributed by atoms with Gasteiger partial charge in [0.05, 0.1) is 0 Å². The van der Waals surface area contributed by atoms with Gasteiger partial charge in [0, 0.05) is 18.4 Å². The van der Waals surface area contributed by atoms with Crippen LogP contribution in [0.2, 0.25) is 0 Å². The Morgan fingerprint density at radius 1 is 1.00 bits per heavy atom. The second-order valence-corrected chi connectivity index (χ2v) is 4.03. The molecule has 0 fully saturated rings. The third-order valence-corrected chi connectivity index (χ3v) is 2.86. The monoisotopic (exact) mass is 195 g/mol. The second kappa shape index (κ2) is 3.43. The number of aromatic nitrogens is 1. The van der Waals surface area contributed by atoms with Crippen molar-refractivity contribution in [2.45, 2.75) is 13.0 Å². The molecule has 0 amide bonds. The van der Waals surface area contributed by atoms with E-state index in [-0.39, 0.29) is 0 Å². The van der Waals surface area contributed by atoms with Gasteiger partial charge < -0.3 is 4.57 Å². The lowest BCUT2D eigenvalue weighted by Crippen LogP contribution is -1.96. The van der Waals surface area contributed by atoms with Gasteiger partial charge in [0.25, 0.3) is 0 Å². The molecule has 1 nitrogen and oxygen atoms in total. The van der Waals surface area contributed by atoms with E-state index >= 15 is 0 Å². The number of hydrogen-bond acceptors (Lipinski definition) is 0. The smallest absolute Gasteiger partial charge is 0.0442 e. The fourth-order valence-corrected chi connectivity index (χ4v) is 2.14. The molecule has 0 bridgehead atoms. The molecule has 74 valence electrons. The average Bonchev–Trinajstić information content (AvgIpc) is 2.79. The summed E-state index contributed by atoms with van der Waals surface area (Å²) in [6, 6.07) is 14.9. The molecule has 1 aliphatic heterocycles. The van der Waals surface area contributed by atoms with Crippen LogP contribution in [0, 0.1) is 0 Å². The van der Waals surface area contributed by atoms with Crippen LogP contribution in [0.3, 0.4) is 0 Å². The van der Waals surface area contributed by atoms with E-state index < -0.39 is 0 Å². The summed E-state index contributed by atoms with van der Waals surface area (Å²) in [6.45, 7) is 1.05. The molecule has 0 aliphatic carbocycles. The first kappa shape index (κ1) is 8.54. The van der Waals surface area contributed by atoms with Crippen molar-refractivity contribution in [2.24, 2.45) is 0 Å². The lowest BCUT2D eigenvalue weighted by Gasteiger charge is -2.02. The highest BCUT2D eigenvalue weighted by molar-refractivity contribution is 5.55. The van der Waals surface area contributed by atoms with Crippen LogP contribution in [0.5, 0.6) is 0 Å². The summed E-state index contributed by atoms with van der Waals surface area (Å²) in [5, 5.41) is 0. The maximum Gasteiger partial charge on any atom is 0.0442 e. The fourth-order valence-electron chi connectivity index (χ4n) is 2.14. The molecule has 1 aliphatic rings. The maximum atomic E-state index is 2.30. The molecule has 2 heterocycles. The van der Waals surface area contributed by atoms with Gasteiger partial charge in [0.15, 0.2) is 0 Å². The summed E-state index contributed by atoms with van der Waals surface area (Å²) in [5.41, 5.74) is 4.23. The van der Waals surface area contributed by atoms with E-state index in [0.29, 0.717) is 0 Å². The van der Waals surface area contributed by atoms with E-state index in [4.69, 9.17) is 0 Å². The second-order valence-electron chi connectivity index (χ2n) is 4.03. The molecule has 0 spiro atoms. The Hall–Kier alpha value is -1.76. The van der Waals surface area contributed by atoms with Gasteiger partial charge in [-0.2, -0.15) is 0 Å². The number of fused-ring (bicyclic) bond motifs is 1. The molecule has 0 saturated heterocycles. The quantitative estimate of drug-likeness (QED) is 0.693. The molecule has 1 aromatic carbocycles. The summed E-state index contributed by atoms with van der Waals surface area (Å²) in [5.74, 6) is 0. The van der Waals surface area contributed by atoms with Gasteiger partial charge in [0.2, 0.25) is 0 Å². The van der Waals surface area contributed by atoms with Crippen molar-refractivity contribution in [2.75, 3.05) is 0 Å². The van der Waals surface area contributed by atoms with Gasteiger partial charge in [0.1, 0.15) is 0 Å². The minimum Gasteiger partial charge on any atom is -0.344 e. The van der Waals surface area contributed by atoms with Crippen LogP contribution in [0.15, 0.2) is 54.2 Å². The number of hydrogen-bond donors (Lipinski definition) is 0. The van der Waals surface area contributed by atoms with Crippen molar-refractivity contribution >= 4 is 6.08 Å². The van der Waals surface area contributed by atoms with E-state index in [1.807, 2.05) is 0 Å². The van der Waals surface area contributed by atoms with Crippen LogP contribution in [0.25, 0.3) is 6.08 Å². The highest BCUT2D eigenvalue weighted by atomic mass is 15.0. The molecule has 15 heavy (non-hydrogen) atoms. The lowest BCUT2D eigenvalue weighted by atomic mass is 10.1. The topological polar surface area (TPSA) is 4.93 Å². The SMILES string of the molecule is C1=C(Cc2ccccc2)Cn2cccc21. The van der Waals surface area contributed by atoms with Gasteiger partial charge in [-0.15, -0.1) is 0 Å². The number of benzene rings is 1. The number of rotatable bonds is 2. The third kappa shape index (κ3) is 1.61. The molecular formula is C14H13N. The van der Waals surface area contributed by atoms with Crippen LogP contribution in [0.4, 0.5) is 0 Å². The van der Waals surface area contributed by atoms with Crippen molar-refractivity contribution in [1.29, 1.82) is 0 Å². The molecule has 2 aromatic rings. The molecular weight excluding hydrogens is 182 g/mol. The van der Waals surface area contributed by atoms with E-state index in [1.54, 1.807) is 0 Å². The Morgan fingerprint density at radius 3 is 2.67 bits per heavy atom. The van der Waals surface area contributed by atoms with Crippen LogP contribution in [-0.4, -0.2) is 4.57 Å². The zero-order valence-corrected chi connectivity index (χ0v) is 8.56. The molecule has 0 saturated carbocycles. The van der Waals surface area contributed by atoms with Gasteiger partial charge in [-0.1, -0.05) is 30.3 Å². The maximum absolute atomic E-state index is 2.30. The Bertz CT molecular complexity index is 491. The zero-order chi connectivity index (χ0) is 10.1. The summed E-state index contributed by atoms with van der Waals surface area (Å²) in [7, 11) is 0. The highest BCUT2D eigenvalue weighted by Crippen LogP contribution is 2.21. The summed E-state index contributed by atoms with van der Waals surface area (Å²) < 4.78 is 2.29. The first-order valence-electron chi connectivity index (χ1n) is 5.30. The fraction of sp³-hybridized carbons (Fsp3) is 0.143. The third-order valence-electron chi connectivity index (χ3n) is 2.86. The molecule has 3 rings (SSSR count). The van der Waals surface area contributed by atoms with Crippen molar-refractivity contribution in [3.8, 4) is 0 Å². The van der Waals surface area contributed by atoms with Crippen LogP contribution in [-0.2, 0) is 13.0 Å². The molecule has 1 aromatic heterocycles. The first-order valence-corrected chi connectivity index (χ1v) is 5.30. The van der Waals surface area contributed by atoms with Crippen molar-refractivity contribution in [3.63, 3.8) is 0 Å². The minimum absolute atomic E-state index is 1.05. The Morgan fingerprint density at radius 2 is 1.87 bits per heavy atom. The van der Waals surface area contributed by atoms with Gasteiger partial charge in [-0.25, -0.2) is 0 Å². The highest BCUT2D eigenvalue weighted by Gasteiger charge is 2.10. The van der Waals surface area contributed by atoms with Gasteiger partial charge >= 0.3 is 0 Å². The predicted octanol–water partition coefficient (Wildman–Crippen LogP) is 3.13. The lowest BCUT2D eigenvalue weighted by molar-refractivity contribution is 0.797. The predicted molar refractivity (Wildman–Crippen MR) is 62.6 cm³/mol. The molecule has 1 heteroatoms.